The van der Waals surface area contributed by atoms with Gasteiger partial charge in [0.15, 0.2) is 0 Å². The smallest absolute Gasteiger partial charge is 0.284 e. The van der Waals surface area contributed by atoms with Gasteiger partial charge in [-0.05, 0) is 12.0 Å². The molecule has 0 aromatic heterocycles. The maximum Gasteiger partial charge on any atom is 0.284 e. The maximum absolute atomic E-state index is 13.8. The normalized spacial score (nSPS) is 28.2. The van der Waals surface area contributed by atoms with Gasteiger partial charge in [0.2, 0.25) is 0 Å². The summed E-state index contributed by atoms with van der Waals surface area (Å²) in [5.74, 6) is -4.55. The average molecular weight is 211 g/mol. The van der Waals surface area contributed by atoms with E-state index in [0.29, 0.717) is 12.0 Å². The van der Waals surface area contributed by atoms with Gasteiger partial charge in [-0.3, -0.25) is 0 Å². The van der Waals surface area contributed by atoms with Crippen molar-refractivity contribution in [2.45, 2.75) is 18.4 Å². The minimum atomic E-state index is -3.14. The van der Waals surface area contributed by atoms with Crippen molar-refractivity contribution in [1.29, 1.82) is 0 Å². The topological polar surface area (TPSA) is 43.1 Å². The molecular formula is C11H11F2NO. The number of hydrogen-bond acceptors (Lipinski definition) is 2. The van der Waals surface area contributed by atoms with E-state index in [1.165, 1.54) is 6.07 Å². The second-order valence-corrected chi connectivity index (χ2v) is 3.81. The number of aldehydes is 1. The average Bonchev–Trinajstić information content (AvgIpc) is 2.17. The molecule has 0 heterocycles. The van der Waals surface area contributed by atoms with Gasteiger partial charge in [0.25, 0.3) is 5.92 Å². The first-order valence-corrected chi connectivity index (χ1v) is 4.74. The molecule has 0 unspecified atom stereocenters. The first-order chi connectivity index (χ1) is 7.07. The highest BCUT2D eigenvalue weighted by molar-refractivity contribution is 5.59. The van der Waals surface area contributed by atoms with E-state index in [-0.39, 0.29) is 11.8 Å². The van der Waals surface area contributed by atoms with E-state index in [9.17, 15) is 13.6 Å². The molecule has 1 aliphatic rings. The van der Waals surface area contributed by atoms with Crippen molar-refractivity contribution in [3.05, 3.63) is 35.4 Å². The Labute approximate surface area is 86.1 Å². The summed E-state index contributed by atoms with van der Waals surface area (Å²) in [6, 6.07) is 5.43. The molecule has 0 saturated heterocycles. The van der Waals surface area contributed by atoms with Crippen molar-refractivity contribution in [1.82, 2.24) is 0 Å². The van der Waals surface area contributed by atoms with Crippen LogP contribution in [0.25, 0.3) is 0 Å². The molecule has 2 N–H and O–H groups in total. The Morgan fingerprint density at radius 3 is 2.73 bits per heavy atom. The number of hydrogen-bond donors (Lipinski definition) is 1. The van der Waals surface area contributed by atoms with Crippen LogP contribution in [0.4, 0.5) is 8.78 Å². The van der Waals surface area contributed by atoms with Gasteiger partial charge in [-0.15, -0.1) is 0 Å². The van der Waals surface area contributed by atoms with E-state index in [1.807, 2.05) is 0 Å². The highest BCUT2D eigenvalue weighted by Gasteiger charge is 2.49. The van der Waals surface area contributed by atoms with Crippen LogP contribution in [0.2, 0.25) is 0 Å². The lowest BCUT2D eigenvalue weighted by Crippen LogP contribution is -2.47. The summed E-state index contributed by atoms with van der Waals surface area (Å²) < 4.78 is 27.6. The monoisotopic (exact) mass is 211 g/mol. The van der Waals surface area contributed by atoms with Crippen LogP contribution in [-0.4, -0.2) is 12.3 Å². The Hall–Kier alpha value is -1.29. The van der Waals surface area contributed by atoms with Gasteiger partial charge < -0.3 is 10.5 Å². The predicted octanol–water partition coefficient (Wildman–Crippen LogP) is 1.48. The Balaban J connectivity index is 2.55. The number of carbonyl (C=O) groups is 1. The third-order valence-electron chi connectivity index (χ3n) is 2.86. The van der Waals surface area contributed by atoms with Crippen molar-refractivity contribution in [3.8, 4) is 0 Å². The Morgan fingerprint density at radius 1 is 1.40 bits per heavy atom. The molecule has 80 valence electrons. The number of fused-ring (bicyclic) bond motifs is 1. The molecule has 1 aliphatic carbocycles. The largest absolute Gasteiger partial charge is 0.327 e. The van der Waals surface area contributed by atoms with E-state index in [2.05, 4.69) is 0 Å². The lowest BCUT2D eigenvalue weighted by molar-refractivity contribution is -0.130. The molecule has 0 aliphatic heterocycles. The van der Waals surface area contributed by atoms with Gasteiger partial charge in [0.1, 0.15) is 6.29 Å². The number of nitrogens with two attached hydrogens (primary N) is 1. The van der Waals surface area contributed by atoms with Crippen LogP contribution in [-0.2, 0) is 17.1 Å². The van der Waals surface area contributed by atoms with Gasteiger partial charge in [0, 0.05) is 11.6 Å². The minimum Gasteiger partial charge on any atom is -0.327 e. The van der Waals surface area contributed by atoms with Crippen LogP contribution in [0.3, 0.4) is 0 Å². The molecule has 0 bridgehead atoms. The van der Waals surface area contributed by atoms with E-state index in [1.54, 1.807) is 18.2 Å². The zero-order valence-electron chi connectivity index (χ0n) is 7.99. The lowest BCUT2D eigenvalue weighted by atomic mass is 9.78. The van der Waals surface area contributed by atoms with Gasteiger partial charge in [-0.1, -0.05) is 24.3 Å². The summed E-state index contributed by atoms with van der Waals surface area (Å²) in [7, 11) is 0. The van der Waals surface area contributed by atoms with E-state index in [4.69, 9.17) is 5.73 Å². The van der Waals surface area contributed by atoms with Crippen molar-refractivity contribution < 1.29 is 13.6 Å². The highest BCUT2D eigenvalue weighted by atomic mass is 19.3. The fraction of sp³-hybridized carbons (Fsp3) is 0.364. The first kappa shape index (κ1) is 10.2. The molecule has 2 nitrogen and oxygen atoms in total. The van der Waals surface area contributed by atoms with Crippen LogP contribution >= 0.6 is 0 Å². The summed E-state index contributed by atoms with van der Waals surface area (Å²) in [6.07, 6.45) is 0.593. The summed E-state index contributed by atoms with van der Waals surface area (Å²) in [5, 5.41) is 0. The number of rotatable bonds is 1. The summed E-state index contributed by atoms with van der Waals surface area (Å²) in [6.45, 7) is 0. The second kappa shape index (κ2) is 3.38. The molecule has 0 radical (unpaired) electrons. The number of benzene rings is 1. The Kier molecular flexibility index (Phi) is 2.31. The van der Waals surface area contributed by atoms with Crippen LogP contribution in [0.1, 0.15) is 11.1 Å². The Morgan fingerprint density at radius 2 is 2.07 bits per heavy atom. The van der Waals surface area contributed by atoms with E-state index in [0.717, 1.165) is 0 Å². The molecule has 2 atom stereocenters. The highest BCUT2D eigenvalue weighted by Crippen LogP contribution is 2.42. The molecule has 0 spiro atoms. The molecular weight excluding hydrogens is 200 g/mol. The quantitative estimate of drug-likeness (QED) is 0.715. The van der Waals surface area contributed by atoms with Gasteiger partial charge in [-0.2, -0.15) is 0 Å². The molecule has 0 amide bonds. The number of alkyl halides is 2. The molecule has 0 fully saturated rings. The number of carbonyl (C=O) groups excluding carboxylic acids is 1. The third-order valence-corrected chi connectivity index (χ3v) is 2.86. The van der Waals surface area contributed by atoms with Crippen LogP contribution in [0.5, 0.6) is 0 Å². The predicted molar refractivity (Wildman–Crippen MR) is 51.6 cm³/mol. The van der Waals surface area contributed by atoms with Crippen LogP contribution in [0.15, 0.2) is 24.3 Å². The van der Waals surface area contributed by atoms with Crippen molar-refractivity contribution in [3.63, 3.8) is 0 Å². The fourth-order valence-corrected chi connectivity index (χ4v) is 2.04. The molecule has 4 heteroatoms. The third kappa shape index (κ3) is 1.45. The van der Waals surface area contributed by atoms with Gasteiger partial charge >= 0.3 is 0 Å². The second-order valence-electron chi connectivity index (χ2n) is 3.81. The lowest BCUT2D eigenvalue weighted by Gasteiger charge is -2.34. The number of halogens is 2. The fourth-order valence-electron chi connectivity index (χ4n) is 2.04. The molecule has 2 rings (SSSR count). The molecule has 1 aromatic rings. The molecule has 0 saturated carbocycles. The summed E-state index contributed by atoms with van der Waals surface area (Å²) >= 11 is 0. The van der Waals surface area contributed by atoms with E-state index < -0.39 is 17.9 Å². The van der Waals surface area contributed by atoms with Gasteiger partial charge in [0.05, 0.1) is 5.92 Å². The van der Waals surface area contributed by atoms with Crippen molar-refractivity contribution >= 4 is 6.29 Å². The zero-order valence-corrected chi connectivity index (χ0v) is 7.99. The standard InChI is InChI=1S/C11H11F2NO/c12-11(13)8-4-2-1-3-7(8)5-10(14)9(11)6-15/h1-4,6,9-10H,5,14H2/t9-,10+/m0/s1. The van der Waals surface area contributed by atoms with Crippen LogP contribution < -0.4 is 5.73 Å². The zero-order chi connectivity index (χ0) is 11.1. The van der Waals surface area contributed by atoms with Crippen molar-refractivity contribution in [2.75, 3.05) is 0 Å². The van der Waals surface area contributed by atoms with Gasteiger partial charge in [-0.25, -0.2) is 8.78 Å². The molecule has 1 aromatic carbocycles. The van der Waals surface area contributed by atoms with Crippen LogP contribution in [0, 0.1) is 5.92 Å². The minimum absolute atomic E-state index is 0.0659. The summed E-state index contributed by atoms with van der Waals surface area (Å²) in [4.78, 5) is 10.6. The van der Waals surface area contributed by atoms with E-state index >= 15 is 0 Å². The Bertz CT molecular complexity index is 392. The van der Waals surface area contributed by atoms with Crippen molar-refractivity contribution in [2.24, 2.45) is 11.7 Å². The maximum atomic E-state index is 13.8. The SMILES string of the molecule is N[C@@H]1Cc2ccccc2C(F)(F)[C@H]1C=O. The molecule has 15 heavy (non-hydrogen) atoms. The first-order valence-electron chi connectivity index (χ1n) is 4.74. The summed E-state index contributed by atoms with van der Waals surface area (Å²) in [5.41, 5.74) is 6.04.